The van der Waals surface area contributed by atoms with Gasteiger partial charge in [0.05, 0.1) is 0 Å². The zero-order chi connectivity index (χ0) is 18.1. The van der Waals surface area contributed by atoms with Gasteiger partial charge in [0.25, 0.3) is 5.91 Å². The van der Waals surface area contributed by atoms with Crippen LogP contribution in [-0.4, -0.2) is 45.7 Å². The van der Waals surface area contributed by atoms with Gasteiger partial charge in [0, 0.05) is 30.5 Å². The maximum Gasteiger partial charge on any atom is 0.271 e. The van der Waals surface area contributed by atoms with E-state index in [1.165, 1.54) is 0 Å². The van der Waals surface area contributed by atoms with Crippen molar-refractivity contribution in [2.24, 2.45) is 0 Å². The highest BCUT2D eigenvalue weighted by Gasteiger charge is 2.35. The fourth-order valence-corrected chi connectivity index (χ4v) is 3.51. The summed E-state index contributed by atoms with van der Waals surface area (Å²) in [4.78, 5) is 32.3. The molecule has 3 aromatic rings. The van der Waals surface area contributed by atoms with Crippen molar-refractivity contribution in [1.82, 2.24) is 14.8 Å². The van der Waals surface area contributed by atoms with Crippen LogP contribution in [0.3, 0.4) is 0 Å². The van der Waals surface area contributed by atoms with E-state index in [0.717, 1.165) is 16.5 Å². The van der Waals surface area contributed by atoms with Crippen LogP contribution in [0.4, 0.5) is 0 Å². The summed E-state index contributed by atoms with van der Waals surface area (Å²) in [5.41, 5.74) is 2.56. The minimum atomic E-state index is -0.466. The van der Waals surface area contributed by atoms with Crippen molar-refractivity contribution >= 4 is 22.7 Å². The highest BCUT2D eigenvalue weighted by molar-refractivity contribution is 6.00. The van der Waals surface area contributed by atoms with E-state index in [-0.39, 0.29) is 11.8 Å². The normalized spacial score (nSPS) is 17.7. The molecule has 132 valence electrons. The minimum absolute atomic E-state index is 0.00966. The molecule has 0 spiro atoms. The molecule has 1 saturated heterocycles. The molecule has 26 heavy (non-hydrogen) atoms. The number of hydrogen-bond acceptors (Lipinski definition) is 2. The Morgan fingerprint density at radius 1 is 1.08 bits per heavy atom. The van der Waals surface area contributed by atoms with Crippen molar-refractivity contribution in [3.8, 4) is 0 Å². The van der Waals surface area contributed by atoms with Crippen LogP contribution in [0.1, 0.15) is 23.0 Å². The number of rotatable bonds is 3. The number of aromatic nitrogens is 1. The lowest BCUT2D eigenvalue weighted by molar-refractivity contribution is -0.140. The largest absolute Gasteiger partial charge is 0.351 e. The third-order valence-corrected chi connectivity index (χ3v) is 4.98. The summed E-state index contributed by atoms with van der Waals surface area (Å²) >= 11 is 0. The maximum atomic E-state index is 12.9. The number of nitrogens with zero attached hydrogens (tertiary/aromatic N) is 2. The Morgan fingerprint density at radius 3 is 2.58 bits per heavy atom. The van der Waals surface area contributed by atoms with E-state index < -0.39 is 6.04 Å². The topological polar surface area (TPSA) is 56.4 Å². The van der Waals surface area contributed by atoms with E-state index in [1.807, 2.05) is 65.6 Å². The Kier molecular flexibility index (Phi) is 4.21. The molecule has 1 atom stereocenters. The average Bonchev–Trinajstić information content (AvgIpc) is 3.10. The van der Waals surface area contributed by atoms with Gasteiger partial charge in [-0.3, -0.25) is 9.59 Å². The number of hydrogen-bond donors (Lipinski definition) is 1. The minimum Gasteiger partial charge on any atom is -0.351 e. The molecule has 0 aliphatic carbocycles. The predicted octanol–water partition coefficient (Wildman–Crippen LogP) is 3.04. The molecule has 5 nitrogen and oxygen atoms in total. The van der Waals surface area contributed by atoms with E-state index in [1.54, 1.807) is 11.8 Å². The van der Waals surface area contributed by atoms with Gasteiger partial charge in [-0.1, -0.05) is 48.5 Å². The lowest BCUT2D eigenvalue weighted by atomic mass is 10.1. The first-order valence-corrected chi connectivity index (χ1v) is 8.85. The number of fused-ring (bicyclic) bond motifs is 1. The van der Waals surface area contributed by atoms with Crippen LogP contribution in [0.5, 0.6) is 0 Å². The van der Waals surface area contributed by atoms with Gasteiger partial charge in [-0.15, -0.1) is 0 Å². The Bertz CT molecular complexity index is 915. The van der Waals surface area contributed by atoms with Gasteiger partial charge < -0.3 is 14.8 Å². The molecule has 1 fully saturated rings. The molecule has 0 saturated carbocycles. The van der Waals surface area contributed by atoms with E-state index in [9.17, 15) is 9.59 Å². The quantitative estimate of drug-likeness (QED) is 0.792. The van der Waals surface area contributed by atoms with Gasteiger partial charge in [0.2, 0.25) is 5.91 Å². The zero-order valence-electron chi connectivity index (χ0n) is 14.7. The van der Waals surface area contributed by atoms with Gasteiger partial charge in [-0.05, 0) is 24.6 Å². The van der Waals surface area contributed by atoms with Crippen LogP contribution in [0.2, 0.25) is 0 Å². The molecule has 0 bridgehead atoms. The van der Waals surface area contributed by atoms with Gasteiger partial charge in [0.1, 0.15) is 11.7 Å². The second kappa shape index (κ2) is 6.67. The number of para-hydroxylation sites is 1. The van der Waals surface area contributed by atoms with Crippen molar-refractivity contribution in [2.45, 2.75) is 19.5 Å². The number of nitrogens with one attached hydrogen (secondary N) is 1. The Morgan fingerprint density at radius 2 is 1.81 bits per heavy atom. The standard InChI is InChI=1S/C21H21N3O2/c1-15-20(25)23(14-16-7-3-2-4-8-16)11-12-24(15)21(26)19-13-17-9-5-6-10-18(17)22-19/h2-10,13,15,22H,11-12,14H2,1H3/t15-/m0/s1. The molecule has 1 N–H and O–H groups in total. The lowest BCUT2D eigenvalue weighted by Gasteiger charge is -2.39. The number of aromatic amines is 1. The fraction of sp³-hybridized carbons (Fsp3) is 0.238. The van der Waals surface area contributed by atoms with Crippen LogP contribution in [0.25, 0.3) is 10.9 Å². The third-order valence-electron chi connectivity index (χ3n) is 4.98. The predicted molar refractivity (Wildman–Crippen MR) is 101 cm³/mol. The first kappa shape index (κ1) is 16.4. The monoisotopic (exact) mass is 347 g/mol. The molecule has 1 aliphatic rings. The van der Waals surface area contributed by atoms with E-state index in [2.05, 4.69) is 4.98 Å². The van der Waals surface area contributed by atoms with E-state index in [0.29, 0.717) is 25.3 Å². The number of benzene rings is 2. The van der Waals surface area contributed by atoms with Gasteiger partial charge in [-0.2, -0.15) is 0 Å². The molecule has 4 rings (SSSR count). The van der Waals surface area contributed by atoms with Crippen molar-refractivity contribution in [1.29, 1.82) is 0 Å². The number of piperazine rings is 1. The summed E-state index contributed by atoms with van der Waals surface area (Å²) in [6.45, 7) is 3.47. The molecule has 1 aliphatic heterocycles. The first-order chi connectivity index (χ1) is 12.6. The fourth-order valence-electron chi connectivity index (χ4n) is 3.51. The summed E-state index contributed by atoms with van der Waals surface area (Å²) in [7, 11) is 0. The van der Waals surface area contributed by atoms with Crippen molar-refractivity contribution in [3.05, 3.63) is 71.9 Å². The maximum absolute atomic E-state index is 12.9. The molecule has 0 unspecified atom stereocenters. The number of amides is 2. The lowest BCUT2D eigenvalue weighted by Crippen LogP contribution is -2.57. The number of carbonyl (C=O) groups is 2. The molecular formula is C21H21N3O2. The van der Waals surface area contributed by atoms with Crippen LogP contribution < -0.4 is 0 Å². The SMILES string of the molecule is C[C@H]1C(=O)N(Cc2ccccc2)CCN1C(=O)c1cc2ccccc2[nH]1. The Balaban J connectivity index is 1.50. The Hall–Kier alpha value is -3.08. The molecule has 2 amide bonds. The summed E-state index contributed by atoms with van der Waals surface area (Å²) < 4.78 is 0. The molecule has 2 aromatic carbocycles. The zero-order valence-corrected chi connectivity index (χ0v) is 14.7. The smallest absolute Gasteiger partial charge is 0.271 e. The van der Waals surface area contributed by atoms with E-state index >= 15 is 0 Å². The second-order valence-corrected chi connectivity index (χ2v) is 6.69. The molecule has 1 aromatic heterocycles. The first-order valence-electron chi connectivity index (χ1n) is 8.85. The van der Waals surface area contributed by atoms with Crippen molar-refractivity contribution < 1.29 is 9.59 Å². The van der Waals surface area contributed by atoms with E-state index in [4.69, 9.17) is 0 Å². The number of carbonyl (C=O) groups excluding carboxylic acids is 2. The van der Waals surface area contributed by atoms with Crippen LogP contribution in [0, 0.1) is 0 Å². The van der Waals surface area contributed by atoms with Gasteiger partial charge in [0.15, 0.2) is 0 Å². The highest BCUT2D eigenvalue weighted by atomic mass is 16.2. The third kappa shape index (κ3) is 2.96. The van der Waals surface area contributed by atoms with Crippen molar-refractivity contribution in [2.75, 3.05) is 13.1 Å². The van der Waals surface area contributed by atoms with Crippen molar-refractivity contribution in [3.63, 3.8) is 0 Å². The summed E-state index contributed by atoms with van der Waals surface area (Å²) in [5, 5.41) is 0.998. The van der Waals surface area contributed by atoms with Crippen LogP contribution in [0.15, 0.2) is 60.7 Å². The molecule has 5 heteroatoms. The summed E-state index contributed by atoms with van der Waals surface area (Å²) in [6.07, 6.45) is 0. The highest BCUT2D eigenvalue weighted by Crippen LogP contribution is 2.20. The molecule has 2 heterocycles. The van der Waals surface area contributed by atoms with Gasteiger partial charge >= 0.3 is 0 Å². The average molecular weight is 347 g/mol. The van der Waals surface area contributed by atoms with Gasteiger partial charge in [-0.25, -0.2) is 0 Å². The summed E-state index contributed by atoms with van der Waals surface area (Å²) in [5.74, 6) is -0.133. The van der Waals surface area contributed by atoms with Crippen LogP contribution >= 0.6 is 0 Å². The molecular weight excluding hydrogens is 326 g/mol. The second-order valence-electron chi connectivity index (χ2n) is 6.69. The number of H-pyrrole nitrogens is 1. The molecule has 0 radical (unpaired) electrons. The Labute approximate surface area is 152 Å². The van der Waals surface area contributed by atoms with Crippen LogP contribution in [-0.2, 0) is 11.3 Å². The summed E-state index contributed by atoms with van der Waals surface area (Å²) in [6, 6.07) is 19.1.